The van der Waals surface area contributed by atoms with E-state index in [1.165, 1.54) is 34.6 Å². The van der Waals surface area contributed by atoms with Crippen LogP contribution < -0.4 is 71.9 Å². The highest BCUT2D eigenvalue weighted by molar-refractivity contribution is 8.13. The average Bonchev–Trinajstić information content (AvgIpc) is 1.59. The fourth-order valence-corrected chi connectivity index (χ4v) is 17.2. The fraction of sp³-hybridized carbons (Fsp3) is 0.667. The number of nitrogens with one attached hydrogen (secondary N) is 4. The molecule has 6 heterocycles. The summed E-state index contributed by atoms with van der Waals surface area (Å²) in [6, 6.07) is 0. The van der Waals surface area contributed by atoms with Crippen LogP contribution in [0.1, 0.15) is 87.5 Å². The van der Waals surface area contributed by atoms with Gasteiger partial charge in [-0.2, -0.15) is 0 Å². The van der Waals surface area contributed by atoms with Gasteiger partial charge in [-0.3, -0.25) is 65.8 Å². The number of thioether (sulfide) groups is 2. The molecule has 4 aromatic rings. The summed E-state index contributed by atoms with van der Waals surface area (Å²) in [6.07, 6.45) is -13.8. The van der Waals surface area contributed by atoms with Gasteiger partial charge in [-0.25, -0.2) is 38.5 Å². The van der Waals surface area contributed by atoms with Gasteiger partial charge in [0, 0.05) is 67.8 Å². The largest absolute Gasteiger partial charge is 0.790 e. The number of ether oxygens (including phenoxy) is 2. The van der Waals surface area contributed by atoms with Gasteiger partial charge < -0.3 is 148 Å². The number of aliphatic hydroxyl groups excluding tert-OH is 4. The summed E-state index contributed by atoms with van der Waals surface area (Å²) in [6.45, 7) is 4.34. The first kappa shape index (κ1) is 98.8. The van der Waals surface area contributed by atoms with Gasteiger partial charge >= 0.3 is 5.97 Å². The van der Waals surface area contributed by atoms with E-state index in [0.717, 1.165) is 78.7 Å². The first-order valence-electron chi connectivity index (χ1n) is 32.7. The summed E-state index contributed by atoms with van der Waals surface area (Å²) >= 11 is 1.63. The molecule has 2 fully saturated rings. The second kappa shape index (κ2) is 40.3. The van der Waals surface area contributed by atoms with Crippen molar-refractivity contribution in [1.29, 1.82) is 0 Å². The number of nitrogens with zero attached hydrogens (tertiary/aromatic N) is 8. The molecule has 0 bridgehead atoms. The fourth-order valence-electron chi connectivity index (χ4n) is 10.2. The van der Waals surface area contributed by atoms with Crippen molar-refractivity contribution >= 4 is 150 Å². The molecular formula is C54H80N14O38P6S2-8. The molecule has 2 saturated heterocycles. The number of nitrogens with two attached hydrogens (primary N) is 2. The number of nitrogen functional groups attached to an aromatic ring is 2. The van der Waals surface area contributed by atoms with Gasteiger partial charge in [0.25, 0.3) is 31.3 Å². The highest BCUT2D eigenvalue weighted by Gasteiger charge is 2.57. The topological polar surface area (TPSA) is 825 Å². The van der Waals surface area contributed by atoms with Gasteiger partial charge in [-0.15, -0.1) is 0 Å². The molecule has 2 aliphatic rings. The molecule has 4 aromatic heterocycles. The minimum absolute atomic E-state index is 0.00412. The summed E-state index contributed by atoms with van der Waals surface area (Å²) in [5.41, 5.74) is 2.15. The second-order valence-corrected chi connectivity index (χ2v) is 37.1. The van der Waals surface area contributed by atoms with Crippen LogP contribution in [0, 0.1) is 10.8 Å². The van der Waals surface area contributed by atoms with Crippen LogP contribution in [-0.2, 0) is 122 Å². The zero-order valence-electron chi connectivity index (χ0n) is 61.0. The molecule has 0 radical (unpaired) electrons. The Labute approximate surface area is 653 Å². The van der Waals surface area contributed by atoms with Crippen LogP contribution in [-0.4, -0.2) is 234 Å². The molecular weight excluding hydrogens is 1700 g/mol. The van der Waals surface area contributed by atoms with Gasteiger partial charge in [-0.1, -0.05) is 51.2 Å². The van der Waals surface area contributed by atoms with E-state index >= 15 is 0 Å². The first-order chi connectivity index (χ1) is 52.2. The summed E-state index contributed by atoms with van der Waals surface area (Å²) in [4.78, 5) is 214. The summed E-state index contributed by atoms with van der Waals surface area (Å²) < 4.78 is 122. The number of phosphoric ester groups is 6. The number of carbonyl (C=O) groups is 8. The van der Waals surface area contributed by atoms with Crippen molar-refractivity contribution in [2.24, 2.45) is 10.8 Å². The van der Waals surface area contributed by atoms with Gasteiger partial charge in [0.05, 0.1) is 73.2 Å². The number of fused-ring (bicyclic) bond motifs is 2. The monoisotopic (exact) mass is 1780 g/mol. The van der Waals surface area contributed by atoms with Crippen LogP contribution in [0.4, 0.5) is 11.6 Å². The predicted octanol–water partition coefficient (Wildman–Crippen LogP) is -7.78. The number of rotatable bonds is 44. The van der Waals surface area contributed by atoms with Crippen molar-refractivity contribution in [3.63, 3.8) is 0 Å². The molecule has 2 aliphatic heterocycles. The molecule has 52 nitrogen and oxygen atoms in total. The molecule has 14 unspecified atom stereocenters. The van der Waals surface area contributed by atoms with Crippen molar-refractivity contribution in [2.45, 2.75) is 153 Å². The van der Waals surface area contributed by atoms with Crippen molar-refractivity contribution in [3.05, 3.63) is 25.3 Å². The van der Waals surface area contributed by atoms with E-state index < -0.39 is 198 Å². The lowest BCUT2D eigenvalue weighted by Crippen LogP contribution is -2.46. The molecule has 0 aromatic carbocycles. The number of imidazole rings is 2. The number of ketones is 1. The summed E-state index contributed by atoms with van der Waals surface area (Å²) in [5.74, 6) is -4.67. The standard InChI is InChI=1S/C28H46N7O20P3S.C26H42N7O18P3S/c1-26(2,22(41)25(42)31-6-5-16(36)30-7-8-59-18(39)10-27(3,43)9-17(37)38)12-52-58(49,50)55-57(47,48)51-11-15-20(54-56(44,45)46)21(40)28(4,53-15)35-14-34-19-23(29)32-13-33-24(19)35;1-14(34)9-17(36)55-8-7-28-16(35)5-6-29-24(39)21(38)25(2,3)11-48-54(45,46)51-53(43,44)47-10-15-19(50-52(40,41)42)20(37)26(4,49-15)33-13-32-18-22(27)30-12-31-23(18)33/h13-15,20-22,40-41,43H,5-12H2,1-4H3,(H,30,36)(H,31,42)(H,37,38)(H,47,48)(H,49,50)(H2,29,32,33)(H2,44,45,46);12-13,15,19-21,37-38H,5-11H2,1-4H3,(H,28,35)(H,29,39)(H,43,44)(H,45,46)(H2,27,30,31)(H2,40,41,42)/p-8/t15?,20?,21?,22?,27-,28?;/m0./s1. The van der Waals surface area contributed by atoms with E-state index in [1.54, 1.807) is 0 Å². The minimum Gasteiger partial charge on any atom is -0.790 e. The number of carboxylic acid groups (broad SMARTS) is 1. The zero-order chi connectivity index (χ0) is 86.3. The Bertz CT molecular complexity index is 4420. The number of hydrogen-bond acceptors (Lipinski definition) is 47. The molecule has 644 valence electrons. The Kier molecular flexibility index (Phi) is 34.9. The maximum Gasteiger partial charge on any atom is 0.306 e. The first-order valence-corrected chi connectivity index (χ1v) is 43.4. The SMILES string of the molecule is CC(=O)CC(=O)SCCNC(=O)CCNC(=O)C(O)C(C)(C)COP(=O)([O-])OP(=O)([O-])OCC1OC(C)(n2cnc3c(N)ncnc32)C(O)C1OP(=O)([O-])[O-].CC(C)(COP(=O)([O-])OP(=O)([O-])OCC1OC(C)(n2cnc3c(N)ncnc32)C(O)C1OP(=O)([O-])[O-])C(O)C(=O)NCCC(=O)NCCSC(=O)C[C@@](C)(O)CC(=O)O. The third-order valence-corrected chi connectivity index (χ3v) is 23.7. The van der Waals surface area contributed by atoms with E-state index in [1.807, 2.05) is 0 Å². The maximum absolute atomic E-state index is 12.6. The van der Waals surface area contributed by atoms with Crippen LogP contribution in [0.15, 0.2) is 25.3 Å². The quantitative estimate of drug-likeness (QED) is 0.0111. The molecule has 0 aliphatic carbocycles. The normalized spacial score (nSPS) is 23.3. The average molecular weight is 1780 g/mol. The van der Waals surface area contributed by atoms with Crippen molar-refractivity contribution in [3.8, 4) is 0 Å². The second-order valence-electron chi connectivity index (χ2n) is 26.7. The number of Topliss-reactive ketones (excluding diaryl/α,β-unsaturated/α-hetero) is 1. The van der Waals surface area contributed by atoms with E-state index in [2.05, 4.69) is 86.9 Å². The third kappa shape index (κ3) is 29.9. The van der Waals surface area contributed by atoms with E-state index in [4.69, 9.17) is 26.0 Å². The molecule has 0 saturated carbocycles. The van der Waals surface area contributed by atoms with Crippen LogP contribution in [0.5, 0.6) is 0 Å². The third-order valence-electron chi connectivity index (χ3n) is 15.9. The Morgan fingerprint density at radius 2 is 0.930 bits per heavy atom. The van der Waals surface area contributed by atoms with Gasteiger partial charge in [0.15, 0.2) is 44.6 Å². The van der Waals surface area contributed by atoms with Crippen LogP contribution in [0.2, 0.25) is 0 Å². The number of aromatic nitrogens is 8. The number of carboxylic acids is 1. The van der Waals surface area contributed by atoms with E-state index in [-0.39, 0.29) is 102 Å². The zero-order valence-corrected chi connectivity index (χ0v) is 68.0. The van der Waals surface area contributed by atoms with E-state index in [0.29, 0.717) is 0 Å². The van der Waals surface area contributed by atoms with Gasteiger partial charge in [0.2, 0.25) is 23.6 Å². The van der Waals surface area contributed by atoms with Crippen molar-refractivity contribution in [1.82, 2.24) is 60.3 Å². The van der Waals surface area contributed by atoms with Crippen molar-refractivity contribution < 1.29 is 181 Å². The molecule has 4 amide bonds. The number of hydrogen-bond donors (Lipinski definition) is 12. The lowest BCUT2D eigenvalue weighted by molar-refractivity contribution is -0.349. The Morgan fingerprint density at radius 1 is 0.570 bits per heavy atom. The lowest BCUT2D eigenvalue weighted by Gasteiger charge is -2.36. The highest BCUT2D eigenvalue weighted by atomic mass is 32.2. The summed E-state index contributed by atoms with van der Waals surface area (Å²) in [5, 5.41) is 70.4. The van der Waals surface area contributed by atoms with Gasteiger partial charge in [0.1, 0.15) is 78.3 Å². The molecule has 60 heteroatoms. The lowest BCUT2D eigenvalue weighted by atomic mass is 9.87. The molecule has 6 rings (SSSR count). The maximum atomic E-state index is 12.6. The smallest absolute Gasteiger partial charge is 0.306 e. The molecule has 0 spiro atoms. The predicted molar refractivity (Wildman–Crippen MR) is 368 cm³/mol. The number of aliphatic hydroxyl groups is 5. The number of phosphoric acid groups is 6. The Hall–Kier alpha value is -5.78. The Balaban J connectivity index is 0.000000408. The molecule has 14 N–H and O–H groups in total. The number of aliphatic carboxylic acids is 1. The van der Waals surface area contributed by atoms with Crippen LogP contribution in [0.3, 0.4) is 0 Å². The van der Waals surface area contributed by atoms with Gasteiger partial charge in [-0.05, 0) is 27.7 Å². The van der Waals surface area contributed by atoms with Crippen LogP contribution in [0.25, 0.3) is 22.3 Å². The highest BCUT2D eigenvalue weighted by Crippen LogP contribution is 2.58. The van der Waals surface area contributed by atoms with Crippen LogP contribution >= 0.6 is 70.5 Å². The number of carbonyl (C=O) groups excluding carboxylic acids is 7. The Morgan fingerprint density at radius 3 is 1.28 bits per heavy atom. The molecule has 15 atom stereocenters. The number of amides is 4. The summed E-state index contributed by atoms with van der Waals surface area (Å²) in [7, 11) is -35.4. The van der Waals surface area contributed by atoms with E-state index in [9.17, 15) is 130 Å². The molecule has 114 heavy (non-hydrogen) atoms. The minimum atomic E-state index is -5.97. The number of anilines is 2. The van der Waals surface area contributed by atoms with Crippen molar-refractivity contribution in [2.75, 3.05) is 75.6 Å².